The molecule has 4 rings (SSSR count). The van der Waals surface area contributed by atoms with Gasteiger partial charge in [-0.25, -0.2) is 24.3 Å². The average molecular weight is 431 g/mol. The number of hydrogen-bond donors (Lipinski definition) is 2. The first-order valence-electron chi connectivity index (χ1n) is 9.86. The Morgan fingerprint density at radius 2 is 1.97 bits per heavy atom. The standard InChI is InChI=1S/C22H18FN7O2/c1-12-6-13(2-3-15(12)23)9-26-21(31)18-7-19(28-11-27-18)22(32)30-17-5-4-16-14(17)10-25-20(8-24)29-16/h2-3,6-7,10-11,17H,4-5,9H2,1H3,(H,26,31)(H,30,32). The highest BCUT2D eigenvalue weighted by Crippen LogP contribution is 2.29. The molecule has 10 heteroatoms. The molecule has 0 radical (unpaired) electrons. The van der Waals surface area contributed by atoms with E-state index in [1.165, 1.54) is 12.1 Å². The summed E-state index contributed by atoms with van der Waals surface area (Å²) in [7, 11) is 0. The summed E-state index contributed by atoms with van der Waals surface area (Å²) in [6, 6.07) is 7.49. The van der Waals surface area contributed by atoms with Gasteiger partial charge >= 0.3 is 0 Å². The summed E-state index contributed by atoms with van der Waals surface area (Å²) in [6.07, 6.45) is 3.95. The van der Waals surface area contributed by atoms with E-state index in [2.05, 4.69) is 30.6 Å². The highest BCUT2D eigenvalue weighted by atomic mass is 19.1. The lowest BCUT2D eigenvalue weighted by molar-refractivity contribution is 0.0931. The molecular formula is C22H18FN7O2. The summed E-state index contributed by atoms with van der Waals surface area (Å²) < 4.78 is 13.4. The van der Waals surface area contributed by atoms with Gasteiger partial charge in [0.1, 0.15) is 29.6 Å². The summed E-state index contributed by atoms with van der Waals surface area (Å²) in [5.41, 5.74) is 2.81. The van der Waals surface area contributed by atoms with E-state index in [4.69, 9.17) is 5.26 Å². The van der Waals surface area contributed by atoms with Gasteiger partial charge in [-0.15, -0.1) is 0 Å². The zero-order valence-corrected chi connectivity index (χ0v) is 17.1. The third kappa shape index (κ3) is 4.41. The number of aromatic nitrogens is 4. The van der Waals surface area contributed by atoms with Crippen LogP contribution in [0.25, 0.3) is 0 Å². The monoisotopic (exact) mass is 431 g/mol. The van der Waals surface area contributed by atoms with Crippen molar-refractivity contribution in [1.82, 2.24) is 30.6 Å². The maximum Gasteiger partial charge on any atom is 0.270 e. The number of amides is 2. The molecule has 1 unspecified atom stereocenters. The number of nitrogens with zero attached hydrogens (tertiary/aromatic N) is 5. The molecule has 0 fully saturated rings. The van der Waals surface area contributed by atoms with Crippen LogP contribution < -0.4 is 10.6 Å². The first-order chi connectivity index (χ1) is 15.4. The SMILES string of the molecule is Cc1cc(CNC(=O)c2cc(C(=O)NC3CCc4nc(C#N)ncc43)ncn2)ccc1F. The number of nitriles is 1. The van der Waals surface area contributed by atoms with Crippen LogP contribution in [0.5, 0.6) is 0 Å². The number of hydrogen-bond acceptors (Lipinski definition) is 7. The van der Waals surface area contributed by atoms with Gasteiger partial charge in [0.15, 0.2) is 0 Å². The van der Waals surface area contributed by atoms with Crippen LogP contribution in [0.15, 0.2) is 36.8 Å². The van der Waals surface area contributed by atoms with Gasteiger partial charge in [0.2, 0.25) is 5.82 Å². The van der Waals surface area contributed by atoms with Gasteiger partial charge in [-0.2, -0.15) is 5.26 Å². The quantitative estimate of drug-likeness (QED) is 0.630. The second-order valence-corrected chi connectivity index (χ2v) is 7.33. The van der Waals surface area contributed by atoms with E-state index in [0.29, 0.717) is 18.4 Å². The van der Waals surface area contributed by atoms with E-state index in [0.717, 1.165) is 23.1 Å². The highest BCUT2D eigenvalue weighted by Gasteiger charge is 2.27. The first-order valence-corrected chi connectivity index (χ1v) is 9.86. The zero-order chi connectivity index (χ0) is 22.7. The Balaban J connectivity index is 1.41. The Labute approximate surface area is 182 Å². The van der Waals surface area contributed by atoms with Crippen molar-refractivity contribution >= 4 is 11.8 Å². The molecule has 0 aliphatic heterocycles. The van der Waals surface area contributed by atoms with Crippen LogP contribution in [0.2, 0.25) is 0 Å². The number of carbonyl (C=O) groups excluding carboxylic acids is 2. The van der Waals surface area contributed by atoms with Crippen molar-refractivity contribution in [1.29, 1.82) is 5.26 Å². The lowest BCUT2D eigenvalue weighted by atomic mass is 10.1. The normalized spacial score (nSPS) is 14.3. The number of halogens is 1. The van der Waals surface area contributed by atoms with Crippen LogP contribution in [-0.2, 0) is 13.0 Å². The number of nitrogens with one attached hydrogen (secondary N) is 2. The fourth-order valence-electron chi connectivity index (χ4n) is 3.49. The van der Waals surface area contributed by atoms with E-state index in [1.807, 2.05) is 6.07 Å². The summed E-state index contributed by atoms with van der Waals surface area (Å²) >= 11 is 0. The molecule has 1 aliphatic carbocycles. The molecule has 2 aromatic heterocycles. The molecule has 160 valence electrons. The van der Waals surface area contributed by atoms with Crippen molar-refractivity contribution in [2.75, 3.05) is 0 Å². The van der Waals surface area contributed by atoms with Gasteiger partial charge in [-0.1, -0.05) is 12.1 Å². The lowest BCUT2D eigenvalue weighted by Gasteiger charge is -2.13. The molecule has 0 saturated heterocycles. The largest absolute Gasteiger partial charge is 0.347 e. The van der Waals surface area contributed by atoms with Crippen LogP contribution in [0.4, 0.5) is 4.39 Å². The van der Waals surface area contributed by atoms with E-state index in [-0.39, 0.29) is 35.6 Å². The highest BCUT2D eigenvalue weighted by molar-refractivity contribution is 5.97. The molecule has 2 N–H and O–H groups in total. The first kappa shape index (κ1) is 21.0. The maximum absolute atomic E-state index is 13.4. The summed E-state index contributed by atoms with van der Waals surface area (Å²) in [6.45, 7) is 1.84. The molecule has 2 amide bonds. The molecule has 1 atom stereocenters. The minimum atomic E-state index is -0.480. The Morgan fingerprint density at radius 3 is 2.72 bits per heavy atom. The molecule has 3 aromatic rings. The Bertz CT molecular complexity index is 1260. The molecule has 1 aromatic carbocycles. The number of aryl methyl sites for hydroxylation is 2. The molecule has 32 heavy (non-hydrogen) atoms. The molecule has 0 spiro atoms. The number of fused-ring (bicyclic) bond motifs is 1. The van der Waals surface area contributed by atoms with Crippen molar-refractivity contribution in [3.05, 3.63) is 82.2 Å². The summed E-state index contributed by atoms with van der Waals surface area (Å²) in [5, 5.41) is 14.5. The van der Waals surface area contributed by atoms with Gasteiger partial charge in [0.25, 0.3) is 11.8 Å². The van der Waals surface area contributed by atoms with Crippen molar-refractivity contribution in [3.8, 4) is 6.07 Å². The molecule has 1 aliphatic rings. The van der Waals surface area contributed by atoms with E-state index in [1.54, 1.807) is 25.3 Å². The van der Waals surface area contributed by atoms with E-state index in [9.17, 15) is 14.0 Å². The van der Waals surface area contributed by atoms with Crippen molar-refractivity contribution in [3.63, 3.8) is 0 Å². The zero-order valence-electron chi connectivity index (χ0n) is 17.1. The molecule has 2 heterocycles. The van der Waals surface area contributed by atoms with E-state index >= 15 is 0 Å². The summed E-state index contributed by atoms with van der Waals surface area (Å²) in [5.74, 6) is -1.16. The third-order valence-corrected chi connectivity index (χ3v) is 5.16. The van der Waals surface area contributed by atoms with Crippen molar-refractivity contribution in [2.24, 2.45) is 0 Å². The minimum absolute atomic E-state index is 0.0396. The van der Waals surface area contributed by atoms with Crippen molar-refractivity contribution < 1.29 is 14.0 Å². The van der Waals surface area contributed by atoms with Crippen LogP contribution in [0.1, 0.15) is 61.6 Å². The van der Waals surface area contributed by atoms with Crippen LogP contribution in [0, 0.1) is 24.1 Å². The van der Waals surface area contributed by atoms with Gasteiger partial charge in [0.05, 0.1) is 11.7 Å². The lowest BCUT2D eigenvalue weighted by Crippen LogP contribution is -2.29. The molecule has 0 bridgehead atoms. The number of benzene rings is 1. The molecule has 0 saturated carbocycles. The summed E-state index contributed by atoms with van der Waals surface area (Å²) in [4.78, 5) is 41.2. The van der Waals surface area contributed by atoms with Crippen LogP contribution in [0.3, 0.4) is 0 Å². The molecule has 9 nitrogen and oxygen atoms in total. The van der Waals surface area contributed by atoms with Crippen LogP contribution in [-0.4, -0.2) is 31.8 Å². The van der Waals surface area contributed by atoms with Gasteiger partial charge in [-0.05, 0) is 37.0 Å². The number of rotatable bonds is 5. The van der Waals surface area contributed by atoms with Crippen molar-refractivity contribution in [2.45, 2.75) is 32.4 Å². The fourth-order valence-corrected chi connectivity index (χ4v) is 3.49. The average Bonchev–Trinajstić information content (AvgIpc) is 3.21. The number of carbonyl (C=O) groups is 2. The Kier molecular flexibility index (Phi) is 5.81. The smallest absolute Gasteiger partial charge is 0.270 e. The van der Waals surface area contributed by atoms with E-state index < -0.39 is 11.8 Å². The topological polar surface area (TPSA) is 134 Å². The maximum atomic E-state index is 13.4. The molecular weight excluding hydrogens is 413 g/mol. The van der Waals surface area contributed by atoms with Gasteiger partial charge < -0.3 is 10.6 Å². The fraction of sp³-hybridized carbons (Fsp3) is 0.227. The predicted octanol–water partition coefficient (Wildman–Crippen LogP) is 1.93. The second-order valence-electron chi connectivity index (χ2n) is 7.33. The Hall–Kier alpha value is -4.26. The predicted molar refractivity (Wildman–Crippen MR) is 110 cm³/mol. The van der Waals surface area contributed by atoms with Gasteiger partial charge in [0, 0.05) is 24.4 Å². The minimum Gasteiger partial charge on any atom is -0.347 e. The third-order valence-electron chi connectivity index (χ3n) is 5.16. The van der Waals surface area contributed by atoms with Gasteiger partial charge in [-0.3, -0.25) is 9.59 Å². The van der Waals surface area contributed by atoms with Crippen LogP contribution >= 0.6 is 0 Å². The second kappa shape index (κ2) is 8.85. The Morgan fingerprint density at radius 1 is 1.19 bits per heavy atom.